The Morgan fingerprint density at radius 2 is 0.962 bits per heavy atom. The molecule has 0 amide bonds. The molecule has 0 N–H and O–H groups in total. The van der Waals surface area contributed by atoms with Crippen LogP contribution in [0.4, 0.5) is 0 Å². The quantitative estimate of drug-likeness (QED) is 0.117. The molecule has 0 spiro atoms. The van der Waals surface area contributed by atoms with Crippen LogP contribution in [-0.2, 0) is 19.1 Å². The van der Waals surface area contributed by atoms with Gasteiger partial charge in [0, 0.05) is 48.8 Å². The van der Waals surface area contributed by atoms with Crippen molar-refractivity contribution in [3.63, 3.8) is 0 Å². The SMILES string of the molecule is CN1C2CCC1[C@@H](COC(=O)CCCCCCCCCCC(=O)OC[C@@H]1C3CCC(C[C@@H]1c1ccc(Cl)c(Cl)c1)N3C)[C@@H](c1ccc(Cl)c(Cl)c1)C2. The number of rotatable bonds is 17. The van der Waals surface area contributed by atoms with Gasteiger partial charge in [-0.15, -0.1) is 0 Å². The first-order valence-electron chi connectivity index (χ1n) is 19.8. The van der Waals surface area contributed by atoms with Gasteiger partial charge in [-0.05, 0) is 113 Å². The molecule has 6 rings (SSSR count). The highest BCUT2D eigenvalue weighted by atomic mass is 35.5. The summed E-state index contributed by atoms with van der Waals surface area (Å²) in [4.78, 5) is 30.5. The second-order valence-electron chi connectivity index (χ2n) is 16.0. The van der Waals surface area contributed by atoms with Crippen molar-refractivity contribution in [1.82, 2.24) is 9.80 Å². The summed E-state index contributed by atoms with van der Waals surface area (Å²) in [6.45, 7) is 0.911. The Hall–Kier alpha value is -1.54. The maximum Gasteiger partial charge on any atom is 0.305 e. The average Bonchev–Trinajstić information content (AvgIpc) is 3.50. The fraction of sp³-hybridized carbons (Fsp3) is 0.667. The molecule has 0 saturated carbocycles. The zero-order valence-corrected chi connectivity index (χ0v) is 33.9. The van der Waals surface area contributed by atoms with Gasteiger partial charge in [-0.3, -0.25) is 9.59 Å². The molecule has 0 aromatic heterocycles. The fourth-order valence-electron chi connectivity index (χ4n) is 9.98. The number of fused-ring (bicyclic) bond motifs is 4. The molecule has 4 heterocycles. The Morgan fingerprint density at radius 3 is 1.35 bits per heavy atom. The number of hydrogen-bond acceptors (Lipinski definition) is 6. The van der Waals surface area contributed by atoms with Crippen LogP contribution in [0.5, 0.6) is 0 Å². The van der Waals surface area contributed by atoms with E-state index in [1.54, 1.807) is 0 Å². The van der Waals surface area contributed by atoms with E-state index in [1.165, 1.54) is 24.0 Å². The first-order valence-corrected chi connectivity index (χ1v) is 21.3. The summed E-state index contributed by atoms with van der Waals surface area (Å²) >= 11 is 25.2. The number of nitrogens with zero attached hydrogens (tertiary/aromatic N) is 2. The number of carbonyl (C=O) groups excluding carboxylic acids is 2. The van der Waals surface area contributed by atoms with Crippen molar-refractivity contribution in [3.8, 4) is 0 Å². The lowest BCUT2D eigenvalue weighted by molar-refractivity contribution is -0.147. The largest absolute Gasteiger partial charge is 0.465 e. The topological polar surface area (TPSA) is 59.1 Å². The third-order valence-electron chi connectivity index (χ3n) is 13.0. The molecule has 0 aliphatic carbocycles. The van der Waals surface area contributed by atoms with Crippen LogP contribution in [-0.4, -0.2) is 73.2 Å². The molecule has 2 aromatic rings. The predicted octanol–water partition coefficient (Wildman–Crippen LogP) is 11.1. The number of hydrogen-bond donors (Lipinski definition) is 0. The Kier molecular flexibility index (Phi) is 14.6. The van der Waals surface area contributed by atoms with Gasteiger partial charge in [0.15, 0.2) is 0 Å². The van der Waals surface area contributed by atoms with Crippen LogP contribution < -0.4 is 0 Å². The highest BCUT2D eigenvalue weighted by molar-refractivity contribution is 6.42. The monoisotopic (exact) mass is 792 g/mol. The van der Waals surface area contributed by atoms with E-state index in [1.807, 2.05) is 24.3 Å². The van der Waals surface area contributed by atoms with Gasteiger partial charge >= 0.3 is 11.9 Å². The van der Waals surface area contributed by atoms with Gasteiger partial charge in [-0.2, -0.15) is 0 Å². The molecule has 0 radical (unpaired) electrons. The van der Waals surface area contributed by atoms with Gasteiger partial charge in [0.2, 0.25) is 0 Å². The molecular weight excluding hydrogens is 738 g/mol. The maximum atomic E-state index is 12.7. The molecule has 4 aliphatic rings. The van der Waals surface area contributed by atoms with Crippen molar-refractivity contribution < 1.29 is 19.1 Å². The van der Waals surface area contributed by atoms with Crippen molar-refractivity contribution >= 4 is 58.3 Å². The van der Waals surface area contributed by atoms with Crippen LogP contribution in [0.2, 0.25) is 20.1 Å². The van der Waals surface area contributed by atoms with Crippen molar-refractivity contribution in [2.24, 2.45) is 11.8 Å². The van der Waals surface area contributed by atoms with Gasteiger partial charge < -0.3 is 19.3 Å². The van der Waals surface area contributed by atoms with Crippen LogP contribution in [0, 0.1) is 11.8 Å². The van der Waals surface area contributed by atoms with Crippen molar-refractivity contribution in [1.29, 1.82) is 0 Å². The van der Waals surface area contributed by atoms with Crippen LogP contribution in [0.15, 0.2) is 36.4 Å². The summed E-state index contributed by atoms with van der Waals surface area (Å²) in [5.74, 6) is 0.969. The standard InChI is InChI=1S/C42H56Cl4N2O4/c1-47-29-15-19-39(47)33(31(23-29)27-13-17-35(43)37(45)21-27)25-51-41(49)11-9-7-5-3-4-6-8-10-12-42(50)52-26-34-32(24-30-16-20-40(34)48(30)2)28-14-18-36(44)38(46)22-28/h13-14,17-18,21-22,29-34,39-40H,3-12,15-16,19-20,23-26H2,1-2H3/t29?,30?,31-,32-,33+,34+,39?,40?/m1/s1. The van der Waals surface area contributed by atoms with Gasteiger partial charge in [-0.25, -0.2) is 0 Å². The van der Waals surface area contributed by atoms with Crippen LogP contribution >= 0.6 is 46.4 Å². The fourth-order valence-corrected chi connectivity index (χ4v) is 10.6. The Balaban J connectivity index is 0.822. The summed E-state index contributed by atoms with van der Waals surface area (Å²) in [6.07, 6.45) is 16.1. The van der Waals surface area contributed by atoms with Crippen LogP contribution in [0.1, 0.15) is 126 Å². The highest BCUT2D eigenvalue weighted by Gasteiger charge is 2.47. The van der Waals surface area contributed by atoms with Crippen molar-refractivity contribution in [3.05, 3.63) is 67.6 Å². The Bertz CT molecular complexity index is 1410. The Morgan fingerprint density at radius 1 is 0.577 bits per heavy atom. The summed E-state index contributed by atoms with van der Waals surface area (Å²) in [5.41, 5.74) is 2.40. The normalized spacial score (nSPS) is 28.7. The third kappa shape index (κ3) is 9.81. The lowest BCUT2D eigenvalue weighted by atomic mass is 9.76. The highest BCUT2D eigenvalue weighted by Crippen LogP contribution is 2.48. The molecule has 4 bridgehead atoms. The smallest absolute Gasteiger partial charge is 0.305 e. The van der Waals surface area contributed by atoms with E-state index in [0.29, 0.717) is 82.1 Å². The molecule has 52 heavy (non-hydrogen) atoms. The lowest BCUT2D eigenvalue weighted by Crippen LogP contribution is -2.47. The molecule has 286 valence electrons. The summed E-state index contributed by atoms with van der Waals surface area (Å²) in [5, 5.41) is 2.32. The summed E-state index contributed by atoms with van der Waals surface area (Å²) in [6, 6.07) is 13.9. The summed E-state index contributed by atoms with van der Waals surface area (Å²) in [7, 11) is 4.43. The molecular formula is C42H56Cl4N2O4. The molecule has 10 heteroatoms. The Labute approximate surface area is 331 Å². The van der Waals surface area contributed by atoms with E-state index in [4.69, 9.17) is 55.9 Å². The number of unbranched alkanes of at least 4 members (excludes halogenated alkanes) is 7. The average molecular weight is 795 g/mol. The molecule has 2 aromatic carbocycles. The minimum absolute atomic E-state index is 0.0876. The third-order valence-corrected chi connectivity index (χ3v) is 14.5. The van der Waals surface area contributed by atoms with Gasteiger partial charge in [0.25, 0.3) is 0 Å². The van der Waals surface area contributed by atoms with Crippen molar-refractivity contribution in [2.45, 2.75) is 139 Å². The molecule has 4 fully saturated rings. The van der Waals surface area contributed by atoms with E-state index < -0.39 is 0 Å². The van der Waals surface area contributed by atoms with E-state index in [-0.39, 0.29) is 23.8 Å². The number of carbonyl (C=O) groups is 2. The number of ether oxygens (including phenoxy) is 2. The van der Waals surface area contributed by atoms with Crippen LogP contribution in [0.25, 0.3) is 0 Å². The molecule has 4 aliphatic heterocycles. The molecule has 6 nitrogen and oxygen atoms in total. The van der Waals surface area contributed by atoms with Gasteiger partial charge in [0.1, 0.15) is 0 Å². The molecule has 4 unspecified atom stereocenters. The van der Waals surface area contributed by atoms with Crippen LogP contribution in [0.3, 0.4) is 0 Å². The second kappa shape index (κ2) is 18.9. The van der Waals surface area contributed by atoms with Gasteiger partial charge in [-0.1, -0.05) is 97.1 Å². The predicted molar refractivity (Wildman–Crippen MR) is 212 cm³/mol. The van der Waals surface area contributed by atoms with E-state index in [9.17, 15) is 9.59 Å². The first-order chi connectivity index (χ1) is 25.1. The van der Waals surface area contributed by atoms with Gasteiger partial charge in [0.05, 0.1) is 33.3 Å². The summed E-state index contributed by atoms with van der Waals surface area (Å²) < 4.78 is 11.8. The molecule has 8 atom stereocenters. The minimum atomic E-state index is -0.0876. The number of piperidine rings is 2. The second-order valence-corrected chi connectivity index (χ2v) is 17.6. The first kappa shape index (κ1) is 40.1. The lowest BCUT2D eigenvalue weighted by Gasteiger charge is -2.43. The van der Waals surface area contributed by atoms with Crippen molar-refractivity contribution in [2.75, 3.05) is 27.3 Å². The van der Waals surface area contributed by atoms with E-state index >= 15 is 0 Å². The number of benzene rings is 2. The van der Waals surface area contributed by atoms with E-state index in [0.717, 1.165) is 77.0 Å². The minimum Gasteiger partial charge on any atom is -0.465 e. The number of halogens is 4. The zero-order chi connectivity index (χ0) is 36.8. The van der Waals surface area contributed by atoms with E-state index in [2.05, 4.69) is 36.0 Å². The zero-order valence-electron chi connectivity index (χ0n) is 30.9. The maximum absolute atomic E-state index is 12.7. The number of esters is 2. The molecule has 4 saturated heterocycles.